The van der Waals surface area contributed by atoms with Gasteiger partial charge in [-0.1, -0.05) is 34.1 Å². The second-order valence-electron chi connectivity index (χ2n) is 4.38. The van der Waals surface area contributed by atoms with E-state index in [2.05, 4.69) is 25.9 Å². The highest BCUT2D eigenvalue weighted by Crippen LogP contribution is 2.35. The molecule has 6 heteroatoms. The van der Waals surface area contributed by atoms with E-state index in [-0.39, 0.29) is 10.9 Å². The number of aromatic amines is 1. The SMILES string of the molecule is CC(Cl)c1nc2scc(-c3ccccc3Br)c2c(=O)[nH]1. The standard InChI is InChI=1S/C14H10BrClN2OS/c1-7(16)12-17-13(19)11-9(6-20-14(11)18-12)8-4-2-3-5-10(8)15/h2-7H,1H3,(H,17,18,19). The summed E-state index contributed by atoms with van der Waals surface area (Å²) in [5.41, 5.74) is 1.72. The lowest BCUT2D eigenvalue weighted by Gasteiger charge is -2.04. The minimum Gasteiger partial charge on any atom is -0.309 e. The Morgan fingerprint density at radius 1 is 1.35 bits per heavy atom. The normalized spacial score (nSPS) is 12.8. The van der Waals surface area contributed by atoms with Crippen LogP contribution in [0, 0.1) is 0 Å². The molecule has 3 aromatic rings. The fraction of sp³-hybridized carbons (Fsp3) is 0.143. The monoisotopic (exact) mass is 368 g/mol. The molecule has 1 unspecified atom stereocenters. The van der Waals surface area contributed by atoms with E-state index >= 15 is 0 Å². The van der Waals surface area contributed by atoms with Gasteiger partial charge in [0.25, 0.3) is 5.56 Å². The average molecular weight is 370 g/mol. The minimum absolute atomic E-state index is 0.149. The van der Waals surface area contributed by atoms with E-state index in [9.17, 15) is 4.79 Å². The smallest absolute Gasteiger partial charge is 0.260 e. The third-order valence-corrected chi connectivity index (χ3v) is 4.77. The second-order valence-corrected chi connectivity index (χ2v) is 6.74. The molecule has 0 bridgehead atoms. The van der Waals surface area contributed by atoms with Crippen LogP contribution in [0.25, 0.3) is 21.3 Å². The zero-order chi connectivity index (χ0) is 14.3. The number of nitrogens with one attached hydrogen (secondary N) is 1. The molecule has 0 saturated heterocycles. The lowest BCUT2D eigenvalue weighted by molar-refractivity contribution is 0.917. The second kappa shape index (κ2) is 5.31. The molecular weight excluding hydrogens is 360 g/mol. The Morgan fingerprint density at radius 2 is 2.10 bits per heavy atom. The number of hydrogen-bond acceptors (Lipinski definition) is 3. The van der Waals surface area contributed by atoms with Gasteiger partial charge in [0.15, 0.2) is 0 Å². The van der Waals surface area contributed by atoms with Crippen LogP contribution in [0.4, 0.5) is 0 Å². The first-order valence-electron chi connectivity index (χ1n) is 5.98. The van der Waals surface area contributed by atoms with Crippen LogP contribution in [-0.4, -0.2) is 9.97 Å². The Morgan fingerprint density at radius 3 is 2.80 bits per heavy atom. The van der Waals surface area contributed by atoms with Gasteiger partial charge in [0, 0.05) is 15.4 Å². The first-order chi connectivity index (χ1) is 9.58. The van der Waals surface area contributed by atoms with Crippen molar-refractivity contribution >= 4 is 49.1 Å². The number of H-pyrrole nitrogens is 1. The summed E-state index contributed by atoms with van der Waals surface area (Å²) in [6, 6.07) is 7.82. The zero-order valence-corrected chi connectivity index (χ0v) is 13.6. The van der Waals surface area contributed by atoms with Gasteiger partial charge in [0.1, 0.15) is 10.7 Å². The molecule has 3 nitrogen and oxygen atoms in total. The van der Waals surface area contributed by atoms with Crippen molar-refractivity contribution in [3.05, 3.63) is 50.3 Å². The summed E-state index contributed by atoms with van der Waals surface area (Å²) in [5.74, 6) is 0.504. The molecule has 0 amide bonds. The van der Waals surface area contributed by atoms with Crippen molar-refractivity contribution in [2.45, 2.75) is 12.3 Å². The summed E-state index contributed by atoms with van der Waals surface area (Å²) in [5, 5.41) is 2.25. The van der Waals surface area contributed by atoms with E-state index < -0.39 is 0 Å². The Labute approximate surface area is 132 Å². The minimum atomic E-state index is -0.318. The highest BCUT2D eigenvalue weighted by molar-refractivity contribution is 9.10. The molecule has 2 heterocycles. The van der Waals surface area contributed by atoms with Gasteiger partial charge in [-0.25, -0.2) is 4.98 Å². The average Bonchev–Trinajstić information content (AvgIpc) is 2.83. The van der Waals surface area contributed by atoms with Crippen LogP contribution in [0.2, 0.25) is 0 Å². The molecule has 0 aliphatic rings. The number of benzene rings is 1. The largest absolute Gasteiger partial charge is 0.309 e. The third kappa shape index (κ3) is 2.30. The van der Waals surface area contributed by atoms with E-state index in [0.29, 0.717) is 16.0 Å². The molecule has 102 valence electrons. The van der Waals surface area contributed by atoms with E-state index in [0.717, 1.165) is 15.6 Å². The third-order valence-electron chi connectivity index (χ3n) is 3.00. The van der Waals surface area contributed by atoms with Crippen molar-refractivity contribution in [3.63, 3.8) is 0 Å². The predicted octanol–water partition coefficient (Wildman–Crippen LogP) is 4.71. The highest BCUT2D eigenvalue weighted by Gasteiger charge is 2.15. The first kappa shape index (κ1) is 13.8. The summed E-state index contributed by atoms with van der Waals surface area (Å²) in [4.78, 5) is 20.2. The molecule has 0 aliphatic heterocycles. The molecule has 0 spiro atoms. The number of thiophene rings is 1. The summed E-state index contributed by atoms with van der Waals surface area (Å²) in [7, 11) is 0. The number of aromatic nitrogens is 2. The number of rotatable bonds is 2. The van der Waals surface area contributed by atoms with E-state index in [4.69, 9.17) is 11.6 Å². The zero-order valence-electron chi connectivity index (χ0n) is 10.5. The van der Waals surface area contributed by atoms with E-state index in [1.54, 1.807) is 6.92 Å². The maximum absolute atomic E-state index is 12.3. The van der Waals surface area contributed by atoms with Gasteiger partial charge in [-0.05, 0) is 18.6 Å². The summed E-state index contributed by atoms with van der Waals surface area (Å²) in [6.45, 7) is 1.79. The molecule has 1 atom stereocenters. The van der Waals surface area contributed by atoms with Gasteiger partial charge in [-0.15, -0.1) is 22.9 Å². The molecule has 0 saturated carbocycles. The molecule has 0 aliphatic carbocycles. The van der Waals surface area contributed by atoms with Crippen molar-refractivity contribution in [3.8, 4) is 11.1 Å². The van der Waals surface area contributed by atoms with E-state index in [1.807, 2.05) is 29.6 Å². The Balaban J connectivity index is 2.30. The fourth-order valence-corrected chi connectivity index (χ4v) is 3.58. The highest BCUT2D eigenvalue weighted by atomic mass is 79.9. The summed E-state index contributed by atoms with van der Waals surface area (Å²) in [6.07, 6.45) is 0. The Bertz CT molecular complexity index is 841. The van der Waals surface area contributed by atoms with Gasteiger partial charge in [-0.2, -0.15) is 0 Å². The first-order valence-corrected chi connectivity index (χ1v) is 8.09. The van der Waals surface area contributed by atoms with Gasteiger partial charge in [0.2, 0.25) is 0 Å². The number of fused-ring (bicyclic) bond motifs is 1. The summed E-state index contributed by atoms with van der Waals surface area (Å²) >= 11 is 11.0. The van der Waals surface area contributed by atoms with Crippen LogP contribution < -0.4 is 5.56 Å². The van der Waals surface area contributed by atoms with Gasteiger partial charge in [0.05, 0.1) is 10.8 Å². The number of hydrogen-bond donors (Lipinski definition) is 1. The van der Waals surface area contributed by atoms with Gasteiger partial charge >= 0.3 is 0 Å². The van der Waals surface area contributed by atoms with Crippen molar-refractivity contribution < 1.29 is 0 Å². The molecule has 2 aromatic heterocycles. The lowest BCUT2D eigenvalue weighted by Crippen LogP contribution is -2.11. The molecule has 3 rings (SSSR count). The number of nitrogens with zero attached hydrogens (tertiary/aromatic N) is 1. The molecule has 1 N–H and O–H groups in total. The molecule has 20 heavy (non-hydrogen) atoms. The quantitative estimate of drug-likeness (QED) is 0.665. The van der Waals surface area contributed by atoms with Crippen molar-refractivity contribution in [1.82, 2.24) is 9.97 Å². The van der Waals surface area contributed by atoms with Crippen LogP contribution in [0.3, 0.4) is 0 Å². The molecule has 0 radical (unpaired) electrons. The van der Waals surface area contributed by atoms with Gasteiger partial charge < -0.3 is 4.98 Å². The van der Waals surface area contributed by atoms with Crippen LogP contribution in [0.5, 0.6) is 0 Å². The van der Waals surface area contributed by atoms with Gasteiger partial charge in [-0.3, -0.25) is 4.79 Å². The van der Waals surface area contributed by atoms with Crippen LogP contribution in [-0.2, 0) is 0 Å². The summed E-state index contributed by atoms with van der Waals surface area (Å²) < 4.78 is 0.953. The van der Waals surface area contributed by atoms with Crippen molar-refractivity contribution in [2.24, 2.45) is 0 Å². The van der Waals surface area contributed by atoms with Crippen molar-refractivity contribution in [2.75, 3.05) is 0 Å². The van der Waals surface area contributed by atoms with E-state index in [1.165, 1.54) is 11.3 Å². The van der Waals surface area contributed by atoms with Crippen LogP contribution >= 0.6 is 38.9 Å². The maximum Gasteiger partial charge on any atom is 0.260 e. The Hall–Kier alpha value is -1.17. The topological polar surface area (TPSA) is 45.8 Å². The Kier molecular flexibility index (Phi) is 3.67. The van der Waals surface area contributed by atoms with Crippen LogP contribution in [0.1, 0.15) is 18.1 Å². The molecular formula is C14H10BrClN2OS. The molecule has 1 aromatic carbocycles. The number of halogens is 2. The predicted molar refractivity (Wildman–Crippen MR) is 87.6 cm³/mol. The number of alkyl halides is 1. The fourth-order valence-electron chi connectivity index (χ4n) is 2.03. The molecule has 0 fully saturated rings. The maximum atomic E-state index is 12.3. The van der Waals surface area contributed by atoms with Crippen LogP contribution in [0.15, 0.2) is 38.9 Å². The lowest BCUT2D eigenvalue weighted by atomic mass is 10.1. The van der Waals surface area contributed by atoms with Crippen molar-refractivity contribution in [1.29, 1.82) is 0 Å².